The molecular weight excluding hydrogens is 221 g/mol. The van der Waals surface area contributed by atoms with Gasteiger partial charge in [0.1, 0.15) is 0 Å². The SMILES string of the molecule is Cl.O=C(Cl)c1cnc2ccccc2c1. The molecule has 14 heavy (non-hydrogen) atoms. The fraction of sp³-hybridized carbons (Fsp3) is 0. The van der Waals surface area contributed by atoms with Gasteiger partial charge in [0.15, 0.2) is 0 Å². The Hall–Kier alpha value is -1.12. The Morgan fingerprint density at radius 2 is 2.00 bits per heavy atom. The Morgan fingerprint density at radius 3 is 2.71 bits per heavy atom. The third-order valence-electron chi connectivity index (χ3n) is 1.82. The Kier molecular flexibility index (Phi) is 3.44. The molecule has 1 heterocycles. The second kappa shape index (κ2) is 4.40. The van der Waals surface area contributed by atoms with Crippen molar-refractivity contribution in [2.24, 2.45) is 0 Å². The summed E-state index contributed by atoms with van der Waals surface area (Å²) < 4.78 is 0. The smallest absolute Gasteiger partial charge is 0.253 e. The highest BCUT2D eigenvalue weighted by atomic mass is 35.5. The molecular formula is C10H7Cl2NO. The number of nitrogens with zero attached hydrogens (tertiary/aromatic N) is 1. The fourth-order valence-corrected chi connectivity index (χ4v) is 1.28. The van der Waals surface area contributed by atoms with E-state index in [2.05, 4.69) is 4.98 Å². The van der Waals surface area contributed by atoms with Gasteiger partial charge in [-0.2, -0.15) is 0 Å². The number of fused-ring (bicyclic) bond motifs is 1. The maximum absolute atomic E-state index is 10.8. The summed E-state index contributed by atoms with van der Waals surface area (Å²) in [5.74, 6) is 0. The van der Waals surface area contributed by atoms with Crippen molar-refractivity contribution in [3.05, 3.63) is 42.1 Å². The van der Waals surface area contributed by atoms with Gasteiger partial charge in [-0.1, -0.05) is 18.2 Å². The van der Waals surface area contributed by atoms with E-state index >= 15 is 0 Å². The standard InChI is InChI=1S/C10H6ClNO.ClH/c11-10(13)8-5-7-3-1-2-4-9(7)12-6-8;/h1-6H;1H. The van der Waals surface area contributed by atoms with Crippen LogP contribution in [-0.2, 0) is 0 Å². The van der Waals surface area contributed by atoms with E-state index in [9.17, 15) is 4.79 Å². The van der Waals surface area contributed by atoms with E-state index in [4.69, 9.17) is 11.6 Å². The molecule has 72 valence electrons. The number of pyridine rings is 1. The molecule has 0 aliphatic carbocycles. The van der Waals surface area contributed by atoms with Gasteiger partial charge in [-0.05, 0) is 23.7 Å². The van der Waals surface area contributed by atoms with Gasteiger partial charge in [0, 0.05) is 11.6 Å². The highest BCUT2D eigenvalue weighted by Crippen LogP contribution is 2.13. The van der Waals surface area contributed by atoms with Crippen LogP contribution in [0.25, 0.3) is 10.9 Å². The van der Waals surface area contributed by atoms with Gasteiger partial charge in [-0.25, -0.2) is 0 Å². The maximum atomic E-state index is 10.8. The normalized spacial score (nSPS) is 9.50. The van der Waals surface area contributed by atoms with E-state index in [0.717, 1.165) is 10.9 Å². The van der Waals surface area contributed by atoms with Gasteiger partial charge < -0.3 is 0 Å². The Bertz CT molecular complexity index is 470. The van der Waals surface area contributed by atoms with E-state index in [1.165, 1.54) is 6.20 Å². The minimum Gasteiger partial charge on any atom is -0.276 e. The van der Waals surface area contributed by atoms with Crippen LogP contribution < -0.4 is 0 Å². The van der Waals surface area contributed by atoms with Crippen molar-refractivity contribution < 1.29 is 4.79 Å². The highest BCUT2D eigenvalue weighted by molar-refractivity contribution is 6.67. The van der Waals surface area contributed by atoms with Crippen molar-refractivity contribution in [2.75, 3.05) is 0 Å². The predicted octanol–water partition coefficient (Wildman–Crippen LogP) is 3.04. The number of rotatable bonds is 1. The highest BCUT2D eigenvalue weighted by Gasteiger charge is 2.02. The average Bonchev–Trinajstić information content (AvgIpc) is 2.17. The van der Waals surface area contributed by atoms with Gasteiger partial charge >= 0.3 is 0 Å². The molecule has 1 aromatic heterocycles. The fourth-order valence-electron chi connectivity index (χ4n) is 1.18. The van der Waals surface area contributed by atoms with Gasteiger partial charge in [-0.15, -0.1) is 12.4 Å². The third kappa shape index (κ3) is 2.03. The minimum absolute atomic E-state index is 0. The van der Waals surface area contributed by atoms with Crippen molar-refractivity contribution in [3.63, 3.8) is 0 Å². The van der Waals surface area contributed by atoms with Crippen LogP contribution in [0, 0.1) is 0 Å². The number of hydrogen-bond donors (Lipinski definition) is 0. The van der Waals surface area contributed by atoms with Crippen molar-refractivity contribution in [1.29, 1.82) is 0 Å². The summed E-state index contributed by atoms with van der Waals surface area (Å²) in [5.41, 5.74) is 1.30. The Labute approximate surface area is 92.3 Å². The summed E-state index contributed by atoms with van der Waals surface area (Å²) in [7, 11) is 0. The first kappa shape index (κ1) is 11.0. The number of hydrogen-bond acceptors (Lipinski definition) is 2. The van der Waals surface area contributed by atoms with E-state index in [1.54, 1.807) is 6.07 Å². The quantitative estimate of drug-likeness (QED) is 0.702. The number of aromatic nitrogens is 1. The number of halogens is 2. The van der Waals surface area contributed by atoms with Gasteiger partial charge in [0.05, 0.1) is 11.1 Å². The molecule has 0 saturated heterocycles. The summed E-state index contributed by atoms with van der Waals surface area (Å²) >= 11 is 5.32. The van der Waals surface area contributed by atoms with Gasteiger partial charge in [0.25, 0.3) is 5.24 Å². The molecule has 0 unspecified atom stereocenters. The molecule has 4 heteroatoms. The maximum Gasteiger partial charge on any atom is 0.253 e. The summed E-state index contributed by atoms with van der Waals surface area (Å²) in [5, 5.41) is 0.451. The molecule has 0 amide bonds. The molecule has 2 nitrogen and oxygen atoms in total. The molecule has 1 aromatic carbocycles. The lowest BCUT2D eigenvalue weighted by atomic mass is 10.2. The number of carbonyl (C=O) groups is 1. The zero-order valence-corrected chi connectivity index (χ0v) is 8.68. The lowest BCUT2D eigenvalue weighted by Crippen LogP contribution is -1.90. The molecule has 2 aromatic rings. The van der Waals surface area contributed by atoms with Crippen molar-refractivity contribution >= 4 is 40.2 Å². The number of benzene rings is 1. The van der Waals surface area contributed by atoms with Gasteiger partial charge in [0.2, 0.25) is 0 Å². The zero-order valence-electron chi connectivity index (χ0n) is 7.11. The van der Waals surface area contributed by atoms with Crippen molar-refractivity contribution in [2.45, 2.75) is 0 Å². The molecule has 0 aliphatic heterocycles. The number of carbonyl (C=O) groups excluding carboxylic acids is 1. The predicted molar refractivity (Wildman–Crippen MR) is 59.2 cm³/mol. The van der Waals surface area contributed by atoms with Crippen LogP contribution in [0.1, 0.15) is 10.4 Å². The van der Waals surface area contributed by atoms with E-state index in [-0.39, 0.29) is 12.4 Å². The largest absolute Gasteiger partial charge is 0.276 e. The third-order valence-corrected chi connectivity index (χ3v) is 2.04. The Morgan fingerprint density at radius 1 is 1.29 bits per heavy atom. The second-order valence-corrected chi connectivity index (χ2v) is 3.03. The molecule has 0 N–H and O–H groups in total. The lowest BCUT2D eigenvalue weighted by molar-refractivity contribution is 0.108. The summed E-state index contributed by atoms with van der Waals surface area (Å²) in [4.78, 5) is 14.9. The summed E-state index contributed by atoms with van der Waals surface area (Å²) in [6, 6.07) is 9.31. The van der Waals surface area contributed by atoms with E-state index < -0.39 is 5.24 Å². The monoisotopic (exact) mass is 227 g/mol. The molecule has 0 fully saturated rings. The molecule has 2 rings (SSSR count). The first-order chi connectivity index (χ1) is 6.27. The van der Waals surface area contributed by atoms with Crippen LogP contribution in [0.2, 0.25) is 0 Å². The van der Waals surface area contributed by atoms with Gasteiger partial charge in [-0.3, -0.25) is 9.78 Å². The topological polar surface area (TPSA) is 30.0 Å². The summed E-state index contributed by atoms with van der Waals surface area (Å²) in [6.45, 7) is 0. The first-order valence-corrected chi connectivity index (χ1v) is 4.20. The zero-order chi connectivity index (χ0) is 9.26. The Balaban J connectivity index is 0.000000980. The van der Waals surface area contributed by atoms with Crippen LogP contribution >= 0.6 is 24.0 Å². The minimum atomic E-state index is -0.474. The average molecular weight is 228 g/mol. The van der Waals surface area contributed by atoms with E-state index in [0.29, 0.717) is 5.56 Å². The molecule has 0 radical (unpaired) electrons. The van der Waals surface area contributed by atoms with Crippen LogP contribution in [0.4, 0.5) is 0 Å². The first-order valence-electron chi connectivity index (χ1n) is 3.82. The van der Waals surface area contributed by atoms with E-state index in [1.807, 2.05) is 24.3 Å². The molecule has 0 bridgehead atoms. The molecule has 0 saturated carbocycles. The molecule has 0 aliphatic rings. The molecule has 0 spiro atoms. The second-order valence-electron chi connectivity index (χ2n) is 2.69. The van der Waals surface area contributed by atoms with Crippen molar-refractivity contribution in [3.8, 4) is 0 Å². The number of para-hydroxylation sites is 1. The van der Waals surface area contributed by atoms with Crippen LogP contribution in [0.3, 0.4) is 0 Å². The molecule has 0 atom stereocenters. The summed E-state index contributed by atoms with van der Waals surface area (Å²) in [6.07, 6.45) is 1.48. The lowest BCUT2D eigenvalue weighted by Gasteiger charge is -1.97. The van der Waals surface area contributed by atoms with Crippen molar-refractivity contribution in [1.82, 2.24) is 4.98 Å². The van der Waals surface area contributed by atoms with Crippen LogP contribution in [0.5, 0.6) is 0 Å². The van der Waals surface area contributed by atoms with Crippen LogP contribution in [0.15, 0.2) is 36.5 Å². The van der Waals surface area contributed by atoms with Crippen LogP contribution in [-0.4, -0.2) is 10.2 Å².